The average molecular weight is 232 g/mol. The van der Waals surface area contributed by atoms with Gasteiger partial charge >= 0.3 is 0 Å². The smallest absolute Gasteiger partial charge is 0.239 e. The number of hydrogen-bond donors (Lipinski definition) is 2. The van der Waals surface area contributed by atoms with E-state index in [9.17, 15) is 0 Å². The van der Waals surface area contributed by atoms with E-state index in [2.05, 4.69) is 20.5 Å². The Bertz CT molecular complexity index is 557. The first kappa shape index (κ1) is 11.5. The highest BCUT2D eigenvalue weighted by atomic mass is 15.4. The van der Waals surface area contributed by atoms with Crippen LogP contribution in [0.5, 0.6) is 0 Å². The summed E-state index contributed by atoms with van der Waals surface area (Å²) >= 11 is 0. The van der Waals surface area contributed by atoms with Gasteiger partial charge in [0.05, 0.1) is 5.69 Å². The predicted molar refractivity (Wildman–Crippen MR) is 65.9 cm³/mol. The Labute approximate surface area is 99.9 Å². The molecule has 0 saturated heterocycles. The molecule has 0 unspecified atom stereocenters. The summed E-state index contributed by atoms with van der Waals surface area (Å²) in [5, 5.41) is 4.47. The molecule has 0 aromatic carbocycles. The van der Waals surface area contributed by atoms with Gasteiger partial charge in [-0.2, -0.15) is 10.1 Å². The van der Waals surface area contributed by atoms with E-state index >= 15 is 0 Å². The van der Waals surface area contributed by atoms with Crippen LogP contribution in [-0.4, -0.2) is 19.7 Å². The summed E-state index contributed by atoms with van der Waals surface area (Å²) in [6, 6.07) is 0. The number of rotatable bonds is 2. The quantitative estimate of drug-likeness (QED) is 0.600. The topological polar surface area (TPSA) is 81.6 Å². The van der Waals surface area contributed by atoms with Crippen molar-refractivity contribution in [3.05, 3.63) is 28.7 Å². The standard InChI is InChI=1S/C11H16N6/c1-6-5-13-11(15-12)14-10(6)17-9(4)7(2)8(3)16-17/h5H,12H2,1-4H3,(H,13,14,15). The van der Waals surface area contributed by atoms with Gasteiger partial charge < -0.3 is 0 Å². The molecule has 2 aromatic rings. The van der Waals surface area contributed by atoms with Crippen molar-refractivity contribution in [2.45, 2.75) is 27.7 Å². The number of hydrazine groups is 1. The van der Waals surface area contributed by atoms with E-state index in [-0.39, 0.29) is 0 Å². The third kappa shape index (κ3) is 1.87. The van der Waals surface area contributed by atoms with Crippen LogP contribution in [0.4, 0.5) is 5.95 Å². The van der Waals surface area contributed by atoms with E-state index < -0.39 is 0 Å². The number of nitrogens with zero attached hydrogens (tertiary/aromatic N) is 4. The Morgan fingerprint density at radius 3 is 2.47 bits per heavy atom. The lowest BCUT2D eigenvalue weighted by molar-refractivity contribution is 0.793. The highest BCUT2D eigenvalue weighted by Gasteiger charge is 2.12. The molecule has 6 nitrogen and oxygen atoms in total. The largest absolute Gasteiger partial charge is 0.292 e. The van der Waals surface area contributed by atoms with Gasteiger partial charge in [-0.05, 0) is 33.3 Å². The molecule has 90 valence electrons. The van der Waals surface area contributed by atoms with Crippen molar-refractivity contribution in [2.75, 3.05) is 5.43 Å². The first-order valence-electron chi connectivity index (χ1n) is 5.38. The summed E-state index contributed by atoms with van der Waals surface area (Å²) in [6.07, 6.45) is 1.73. The minimum Gasteiger partial charge on any atom is -0.292 e. The molecule has 2 heterocycles. The van der Waals surface area contributed by atoms with Gasteiger partial charge in [0.2, 0.25) is 5.95 Å². The number of nitrogens with one attached hydrogen (secondary N) is 1. The van der Waals surface area contributed by atoms with Crippen molar-refractivity contribution in [2.24, 2.45) is 5.84 Å². The fraction of sp³-hybridized carbons (Fsp3) is 0.364. The predicted octanol–water partition coefficient (Wildman–Crippen LogP) is 1.18. The number of nitrogen functional groups attached to an aromatic ring is 1. The lowest BCUT2D eigenvalue weighted by Gasteiger charge is -2.08. The summed E-state index contributed by atoms with van der Waals surface area (Å²) in [5.74, 6) is 6.45. The first-order chi connectivity index (χ1) is 8.04. The summed E-state index contributed by atoms with van der Waals surface area (Å²) in [4.78, 5) is 8.38. The van der Waals surface area contributed by atoms with Crippen LogP contribution in [-0.2, 0) is 0 Å². The van der Waals surface area contributed by atoms with Crippen LogP contribution in [0, 0.1) is 27.7 Å². The zero-order valence-corrected chi connectivity index (χ0v) is 10.4. The Morgan fingerprint density at radius 1 is 1.24 bits per heavy atom. The maximum absolute atomic E-state index is 5.32. The molecule has 0 aliphatic carbocycles. The molecule has 0 aliphatic heterocycles. The molecule has 0 saturated carbocycles. The fourth-order valence-corrected chi connectivity index (χ4v) is 1.64. The lowest BCUT2D eigenvalue weighted by atomic mass is 10.2. The second-order valence-corrected chi connectivity index (χ2v) is 4.05. The second kappa shape index (κ2) is 4.14. The molecule has 0 bridgehead atoms. The summed E-state index contributed by atoms with van der Waals surface area (Å²) in [6.45, 7) is 8.00. The molecule has 0 radical (unpaired) electrons. The number of anilines is 1. The molecule has 0 atom stereocenters. The van der Waals surface area contributed by atoms with Crippen molar-refractivity contribution >= 4 is 5.95 Å². The zero-order valence-electron chi connectivity index (χ0n) is 10.4. The van der Waals surface area contributed by atoms with Crippen molar-refractivity contribution in [1.82, 2.24) is 19.7 Å². The summed E-state index contributed by atoms with van der Waals surface area (Å²) in [5.41, 5.74) is 6.65. The van der Waals surface area contributed by atoms with E-state index in [0.717, 1.165) is 22.8 Å². The third-order valence-corrected chi connectivity index (χ3v) is 2.93. The van der Waals surface area contributed by atoms with Crippen LogP contribution in [0.3, 0.4) is 0 Å². The van der Waals surface area contributed by atoms with E-state index in [4.69, 9.17) is 5.84 Å². The van der Waals surface area contributed by atoms with Crippen molar-refractivity contribution < 1.29 is 0 Å². The lowest BCUT2D eigenvalue weighted by Crippen LogP contribution is -2.13. The van der Waals surface area contributed by atoms with E-state index in [1.165, 1.54) is 5.56 Å². The number of nitrogens with two attached hydrogens (primary N) is 1. The van der Waals surface area contributed by atoms with Gasteiger partial charge in [0, 0.05) is 17.5 Å². The van der Waals surface area contributed by atoms with Crippen molar-refractivity contribution in [3.63, 3.8) is 0 Å². The van der Waals surface area contributed by atoms with E-state index in [1.54, 1.807) is 6.20 Å². The van der Waals surface area contributed by atoms with Gasteiger partial charge in [-0.25, -0.2) is 15.5 Å². The number of aromatic nitrogens is 4. The van der Waals surface area contributed by atoms with Gasteiger partial charge in [0.25, 0.3) is 0 Å². The highest BCUT2D eigenvalue weighted by molar-refractivity contribution is 5.40. The minimum atomic E-state index is 0.385. The van der Waals surface area contributed by atoms with Gasteiger partial charge in [0.15, 0.2) is 5.82 Å². The minimum absolute atomic E-state index is 0.385. The van der Waals surface area contributed by atoms with Gasteiger partial charge in [-0.15, -0.1) is 0 Å². The molecule has 0 spiro atoms. The number of aryl methyl sites for hydroxylation is 2. The van der Waals surface area contributed by atoms with Gasteiger partial charge in [0.1, 0.15) is 0 Å². The Morgan fingerprint density at radius 2 is 1.94 bits per heavy atom. The van der Waals surface area contributed by atoms with Gasteiger partial charge in [-0.1, -0.05) is 0 Å². The molecule has 0 fully saturated rings. The molecule has 2 rings (SSSR count). The summed E-state index contributed by atoms with van der Waals surface area (Å²) in [7, 11) is 0. The van der Waals surface area contributed by atoms with Crippen LogP contribution in [0.15, 0.2) is 6.20 Å². The molecule has 0 aliphatic rings. The van der Waals surface area contributed by atoms with Crippen molar-refractivity contribution in [3.8, 4) is 5.82 Å². The molecule has 6 heteroatoms. The number of hydrogen-bond acceptors (Lipinski definition) is 5. The third-order valence-electron chi connectivity index (χ3n) is 2.93. The van der Waals surface area contributed by atoms with Crippen LogP contribution in [0.25, 0.3) is 5.82 Å². The van der Waals surface area contributed by atoms with Crippen LogP contribution < -0.4 is 11.3 Å². The van der Waals surface area contributed by atoms with Crippen LogP contribution >= 0.6 is 0 Å². The average Bonchev–Trinajstić information content (AvgIpc) is 2.58. The summed E-state index contributed by atoms with van der Waals surface area (Å²) < 4.78 is 1.82. The molecule has 0 amide bonds. The molecular weight excluding hydrogens is 216 g/mol. The Hall–Kier alpha value is -1.95. The van der Waals surface area contributed by atoms with E-state index in [0.29, 0.717) is 5.95 Å². The van der Waals surface area contributed by atoms with E-state index in [1.807, 2.05) is 32.4 Å². The highest BCUT2D eigenvalue weighted by Crippen LogP contribution is 2.18. The maximum atomic E-state index is 5.32. The molecule has 17 heavy (non-hydrogen) atoms. The normalized spacial score (nSPS) is 10.6. The zero-order chi connectivity index (χ0) is 12.6. The fourth-order valence-electron chi connectivity index (χ4n) is 1.64. The monoisotopic (exact) mass is 232 g/mol. The van der Waals surface area contributed by atoms with Crippen LogP contribution in [0.1, 0.15) is 22.5 Å². The Balaban J connectivity index is 2.63. The molecular formula is C11H16N6. The van der Waals surface area contributed by atoms with Crippen molar-refractivity contribution in [1.29, 1.82) is 0 Å². The van der Waals surface area contributed by atoms with Gasteiger partial charge in [-0.3, -0.25) is 5.43 Å². The first-order valence-corrected chi connectivity index (χ1v) is 5.38. The molecule has 3 N–H and O–H groups in total. The van der Waals surface area contributed by atoms with Crippen LogP contribution in [0.2, 0.25) is 0 Å². The molecule has 2 aromatic heterocycles. The maximum Gasteiger partial charge on any atom is 0.239 e. The second-order valence-electron chi connectivity index (χ2n) is 4.05. The SMILES string of the molecule is Cc1cnc(NN)nc1-n1nc(C)c(C)c1C. The Kier molecular flexibility index (Phi) is 2.81.